The van der Waals surface area contributed by atoms with Crippen LogP contribution in [0.2, 0.25) is 10.0 Å². The molecule has 0 aliphatic carbocycles. The fourth-order valence-electron chi connectivity index (χ4n) is 3.54. The van der Waals surface area contributed by atoms with Crippen LogP contribution in [0.4, 0.5) is 10.5 Å². The molecule has 0 atom stereocenters. The highest BCUT2D eigenvalue weighted by molar-refractivity contribution is 9.10. The molecular weight excluding hydrogens is 651 g/mol. The molecule has 1 heterocycles. The number of ether oxygens (including phenoxy) is 2. The second-order valence-corrected chi connectivity index (χ2v) is 10.3. The average Bonchev–Trinajstić information content (AvgIpc) is 2.82. The highest BCUT2D eigenvalue weighted by atomic mass is 79.9. The van der Waals surface area contributed by atoms with Crippen LogP contribution < -0.4 is 19.7 Å². The zero-order valence-electron chi connectivity index (χ0n) is 19.2. The van der Waals surface area contributed by atoms with Crippen LogP contribution in [0.3, 0.4) is 0 Å². The molecule has 4 amide bonds. The molecule has 1 aliphatic heterocycles. The third-order valence-electron chi connectivity index (χ3n) is 5.20. The lowest BCUT2D eigenvalue weighted by atomic mass is 10.1. The van der Waals surface area contributed by atoms with Gasteiger partial charge in [-0.05, 0) is 77.0 Å². The summed E-state index contributed by atoms with van der Waals surface area (Å²) in [5, 5.41) is 3.20. The molecule has 0 saturated carbocycles. The number of rotatable bonds is 7. The maximum Gasteiger partial charge on any atom is 0.335 e. The zero-order chi connectivity index (χ0) is 26.7. The molecule has 0 spiro atoms. The summed E-state index contributed by atoms with van der Waals surface area (Å²) in [6.45, 7) is 2.31. The standard InChI is InChI=1S/C26H18Br2Cl2N2O5/c1-2-36-22-10-14(9-20(28)23(22)37-13-15-6-7-17(29)12-21(15)30)8-19-24(33)31-26(35)32(25(19)34)18-5-3-4-16(27)11-18/h3-12H,2,13H2,1H3,(H,31,33,35). The van der Waals surface area contributed by atoms with Gasteiger partial charge >= 0.3 is 6.03 Å². The van der Waals surface area contributed by atoms with E-state index in [0.717, 1.165) is 10.5 Å². The van der Waals surface area contributed by atoms with Crippen molar-refractivity contribution in [2.24, 2.45) is 0 Å². The van der Waals surface area contributed by atoms with E-state index in [9.17, 15) is 14.4 Å². The molecule has 0 radical (unpaired) electrons. The van der Waals surface area contributed by atoms with Crippen LogP contribution in [0.1, 0.15) is 18.1 Å². The largest absolute Gasteiger partial charge is 0.490 e. The van der Waals surface area contributed by atoms with Crippen LogP contribution in [0.15, 0.2) is 69.1 Å². The third-order valence-corrected chi connectivity index (χ3v) is 6.87. The molecular formula is C26H18Br2Cl2N2O5. The Morgan fingerprint density at radius 1 is 1.00 bits per heavy atom. The number of amides is 4. The number of halogens is 4. The number of urea groups is 1. The van der Waals surface area contributed by atoms with Gasteiger partial charge < -0.3 is 9.47 Å². The molecule has 1 saturated heterocycles. The number of nitrogens with zero attached hydrogens (tertiary/aromatic N) is 1. The van der Waals surface area contributed by atoms with E-state index in [1.165, 1.54) is 6.08 Å². The quantitative estimate of drug-likeness (QED) is 0.213. The van der Waals surface area contributed by atoms with Crippen LogP contribution in [0.25, 0.3) is 6.08 Å². The highest BCUT2D eigenvalue weighted by Crippen LogP contribution is 2.39. The second kappa shape index (κ2) is 11.7. The first-order valence-electron chi connectivity index (χ1n) is 10.9. The molecule has 37 heavy (non-hydrogen) atoms. The van der Waals surface area contributed by atoms with Gasteiger partial charge in [0.05, 0.1) is 16.8 Å². The van der Waals surface area contributed by atoms with Gasteiger partial charge in [-0.3, -0.25) is 14.9 Å². The summed E-state index contributed by atoms with van der Waals surface area (Å²) in [5.74, 6) is -0.746. The van der Waals surface area contributed by atoms with E-state index in [4.69, 9.17) is 32.7 Å². The summed E-state index contributed by atoms with van der Waals surface area (Å²) < 4.78 is 13.0. The number of barbiturate groups is 1. The number of hydrogen-bond acceptors (Lipinski definition) is 5. The molecule has 7 nitrogen and oxygen atoms in total. The van der Waals surface area contributed by atoms with Crippen molar-refractivity contribution in [3.05, 3.63) is 90.3 Å². The van der Waals surface area contributed by atoms with Crippen molar-refractivity contribution >= 4 is 84.7 Å². The molecule has 0 unspecified atom stereocenters. The normalized spacial score (nSPS) is 14.7. The van der Waals surface area contributed by atoms with Gasteiger partial charge in [0.1, 0.15) is 12.2 Å². The lowest BCUT2D eigenvalue weighted by Crippen LogP contribution is -2.54. The Balaban J connectivity index is 1.66. The van der Waals surface area contributed by atoms with Crippen molar-refractivity contribution in [1.82, 2.24) is 5.32 Å². The first kappa shape index (κ1) is 27.2. The van der Waals surface area contributed by atoms with Crippen LogP contribution in [-0.4, -0.2) is 24.5 Å². The molecule has 0 aromatic heterocycles. The van der Waals surface area contributed by atoms with Gasteiger partial charge in [0.25, 0.3) is 11.8 Å². The number of imide groups is 2. The Morgan fingerprint density at radius 3 is 2.49 bits per heavy atom. The van der Waals surface area contributed by atoms with Crippen LogP contribution >= 0.6 is 55.1 Å². The van der Waals surface area contributed by atoms with Gasteiger partial charge in [-0.15, -0.1) is 0 Å². The third kappa shape index (κ3) is 6.18. The Bertz CT molecular complexity index is 1440. The van der Waals surface area contributed by atoms with Gasteiger partial charge in [0.2, 0.25) is 0 Å². The van der Waals surface area contributed by atoms with E-state index in [2.05, 4.69) is 37.2 Å². The van der Waals surface area contributed by atoms with Crippen molar-refractivity contribution in [2.75, 3.05) is 11.5 Å². The van der Waals surface area contributed by atoms with E-state index in [1.54, 1.807) is 54.6 Å². The number of nitrogens with one attached hydrogen (secondary N) is 1. The van der Waals surface area contributed by atoms with Crippen molar-refractivity contribution in [1.29, 1.82) is 0 Å². The highest BCUT2D eigenvalue weighted by Gasteiger charge is 2.37. The molecule has 1 N–H and O–H groups in total. The molecule has 1 aliphatic rings. The summed E-state index contributed by atoms with van der Waals surface area (Å²) >= 11 is 19.0. The van der Waals surface area contributed by atoms with Crippen LogP contribution in [-0.2, 0) is 16.2 Å². The first-order valence-corrected chi connectivity index (χ1v) is 13.2. The molecule has 190 valence electrons. The number of anilines is 1. The lowest BCUT2D eigenvalue weighted by Gasteiger charge is -2.26. The van der Waals surface area contributed by atoms with Gasteiger partial charge in [0, 0.05) is 20.1 Å². The van der Waals surface area contributed by atoms with E-state index in [1.807, 2.05) is 6.92 Å². The van der Waals surface area contributed by atoms with Crippen LogP contribution in [0, 0.1) is 0 Å². The molecule has 1 fully saturated rings. The molecule has 11 heteroatoms. The monoisotopic (exact) mass is 666 g/mol. The molecule has 3 aromatic rings. The Hall–Kier alpha value is -2.85. The fraction of sp³-hybridized carbons (Fsp3) is 0.115. The van der Waals surface area contributed by atoms with Gasteiger partial charge in [-0.2, -0.15) is 0 Å². The van der Waals surface area contributed by atoms with E-state index >= 15 is 0 Å². The predicted molar refractivity (Wildman–Crippen MR) is 149 cm³/mol. The smallest absolute Gasteiger partial charge is 0.335 e. The molecule has 3 aromatic carbocycles. The Labute approximate surface area is 239 Å². The number of hydrogen-bond donors (Lipinski definition) is 1. The minimum Gasteiger partial charge on any atom is -0.490 e. The number of carbonyl (C=O) groups is 3. The number of benzene rings is 3. The van der Waals surface area contributed by atoms with E-state index in [0.29, 0.717) is 48.3 Å². The Morgan fingerprint density at radius 2 is 1.78 bits per heavy atom. The summed E-state index contributed by atoms with van der Waals surface area (Å²) in [5.41, 5.74) is 1.31. The van der Waals surface area contributed by atoms with Gasteiger partial charge in [-0.1, -0.05) is 51.3 Å². The Kier molecular flexibility index (Phi) is 8.59. The van der Waals surface area contributed by atoms with Crippen LogP contribution in [0.5, 0.6) is 11.5 Å². The minimum atomic E-state index is -0.828. The van der Waals surface area contributed by atoms with Gasteiger partial charge in [-0.25, -0.2) is 9.69 Å². The zero-order valence-corrected chi connectivity index (χ0v) is 23.9. The van der Waals surface area contributed by atoms with Crippen molar-refractivity contribution in [2.45, 2.75) is 13.5 Å². The van der Waals surface area contributed by atoms with Crippen molar-refractivity contribution in [3.63, 3.8) is 0 Å². The number of carbonyl (C=O) groups excluding carboxylic acids is 3. The summed E-state index contributed by atoms with van der Waals surface area (Å²) in [7, 11) is 0. The summed E-state index contributed by atoms with van der Waals surface area (Å²) in [4.78, 5) is 39.2. The average molecular weight is 669 g/mol. The maximum absolute atomic E-state index is 13.2. The topological polar surface area (TPSA) is 84.9 Å². The van der Waals surface area contributed by atoms with E-state index in [-0.39, 0.29) is 12.2 Å². The minimum absolute atomic E-state index is 0.152. The molecule has 0 bridgehead atoms. The maximum atomic E-state index is 13.2. The van der Waals surface area contributed by atoms with Crippen molar-refractivity contribution in [3.8, 4) is 11.5 Å². The second-order valence-electron chi connectivity index (χ2n) is 7.73. The van der Waals surface area contributed by atoms with Crippen molar-refractivity contribution < 1.29 is 23.9 Å². The van der Waals surface area contributed by atoms with E-state index < -0.39 is 17.8 Å². The predicted octanol–water partition coefficient (Wildman–Crippen LogP) is 7.16. The summed E-state index contributed by atoms with van der Waals surface area (Å²) in [6, 6.07) is 14.2. The lowest BCUT2D eigenvalue weighted by molar-refractivity contribution is -0.122. The first-order chi connectivity index (χ1) is 17.7. The SMILES string of the molecule is CCOc1cc(C=C2C(=O)NC(=O)N(c3cccc(Br)c3)C2=O)cc(Br)c1OCc1ccc(Cl)cc1Cl. The fourth-order valence-corrected chi connectivity index (χ4v) is 4.96. The summed E-state index contributed by atoms with van der Waals surface area (Å²) in [6.07, 6.45) is 1.39. The van der Waals surface area contributed by atoms with Gasteiger partial charge in [0.15, 0.2) is 11.5 Å². The molecule has 4 rings (SSSR count).